The van der Waals surface area contributed by atoms with Crippen molar-refractivity contribution in [2.24, 2.45) is 0 Å². The molecule has 3 aromatic rings. The van der Waals surface area contributed by atoms with Crippen LogP contribution in [0.25, 0.3) is 23.0 Å². The molecule has 0 heterocycles. The molecule has 0 unspecified atom stereocenters. The van der Waals surface area contributed by atoms with Crippen LogP contribution < -0.4 is 15.9 Å². The topological polar surface area (TPSA) is 41.5 Å². The van der Waals surface area contributed by atoms with E-state index < -0.39 is 0 Å². The lowest BCUT2D eigenvalue weighted by molar-refractivity contribution is 0.156. The van der Waals surface area contributed by atoms with Crippen LogP contribution in [0.1, 0.15) is 64.7 Å². The Morgan fingerprint density at radius 1 is 0.941 bits per heavy atom. The summed E-state index contributed by atoms with van der Waals surface area (Å²) >= 11 is 0. The summed E-state index contributed by atoms with van der Waals surface area (Å²) in [4.78, 5) is 5.59. The number of hydrogen-bond donors (Lipinski definition) is 2. The minimum atomic E-state index is 0.875. The Kier molecular flexibility index (Phi) is 16.7. The van der Waals surface area contributed by atoms with Crippen molar-refractivity contribution in [2.45, 2.75) is 68.2 Å². The molecule has 0 saturated carbocycles. The van der Waals surface area contributed by atoms with Gasteiger partial charge in [0.1, 0.15) is 5.76 Å². The molecule has 0 aliphatic heterocycles. The second-order valence-corrected chi connectivity index (χ2v) is 7.22. The van der Waals surface area contributed by atoms with Crippen LogP contribution >= 0.6 is 0 Å². The van der Waals surface area contributed by atoms with Crippen molar-refractivity contribution < 1.29 is 9.94 Å². The van der Waals surface area contributed by atoms with E-state index in [4.69, 9.17) is 9.94 Å². The van der Waals surface area contributed by atoms with Crippen molar-refractivity contribution in [2.75, 3.05) is 7.11 Å². The summed E-state index contributed by atoms with van der Waals surface area (Å²) in [6.07, 6.45) is 8.17. The molecule has 0 bridgehead atoms. The van der Waals surface area contributed by atoms with Crippen LogP contribution in [0.2, 0.25) is 0 Å². The lowest BCUT2D eigenvalue weighted by Gasteiger charge is -2.06. The summed E-state index contributed by atoms with van der Waals surface area (Å²) in [5.74, 6) is 0.875. The Morgan fingerprint density at radius 3 is 2.26 bits per heavy atom. The lowest BCUT2D eigenvalue weighted by atomic mass is 10.0. The number of aliphatic hydroxyl groups excluding tert-OH is 1. The summed E-state index contributed by atoms with van der Waals surface area (Å²) in [5, 5.41) is 11.8. The average molecular weight is 464 g/mol. The molecule has 186 valence electrons. The fourth-order valence-electron chi connectivity index (χ4n) is 3.47. The highest BCUT2D eigenvalue weighted by Gasteiger charge is 2.00. The molecular formula is C31H45NO2. The van der Waals surface area contributed by atoms with Gasteiger partial charge in [-0.1, -0.05) is 101 Å². The van der Waals surface area contributed by atoms with Gasteiger partial charge in [0.05, 0.1) is 0 Å². The Labute approximate surface area is 207 Å². The first-order chi connectivity index (χ1) is 16.6. The van der Waals surface area contributed by atoms with Crippen molar-refractivity contribution >= 4 is 23.0 Å². The fourth-order valence-corrected chi connectivity index (χ4v) is 3.47. The SMILES string of the molecule is CC.CC.CC/C=C(/C)ON/C=c1/ccc2ccccc2/c1=C/Cc1ccc(C)cc1C.CO. The average Bonchev–Trinajstić information content (AvgIpc) is 2.88. The molecule has 0 radical (unpaired) electrons. The number of hydroxylamine groups is 1. The first-order valence-electron chi connectivity index (χ1n) is 12.4. The molecule has 0 saturated heterocycles. The first-order valence-corrected chi connectivity index (χ1v) is 12.4. The molecule has 0 aromatic heterocycles. The second-order valence-electron chi connectivity index (χ2n) is 7.22. The van der Waals surface area contributed by atoms with Crippen molar-refractivity contribution in [1.82, 2.24) is 5.48 Å². The zero-order chi connectivity index (χ0) is 25.9. The number of nitrogens with one attached hydrogen (secondary N) is 1. The van der Waals surface area contributed by atoms with Gasteiger partial charge in [0.15, 0.2) is 0 Å². The zero-order valence-electron chi connectivity index (χ0n) is 22.7. The molecule has 0 aliphatic carbocycles. The third-order valence-electron chi connectivity index (χ3n) is 4.95. The van der Waals surface area contributed by atoms with Gasteiger partial charge in [-0.25, -0.2) is 5.48 Å². The van der Waals surface area contributed by atoms with E-state index in [1.165, 1.54) is 32.7 Å². The minimum Gasteiger partial charge on any atom is -0.400 e. The van der Waals surface area contributed by atoms with E-state index in [0.29, 0.717) is 0 Å². The number of rotatable bonds is 6. The van der Waals surface area contributed by atoms with Crippen LogP contribution in [-0.2, 0) is 11.3 Å². The van der Waals surface area contributed by atoms with Gasteiger partial charge >= 0.3 is 0 Å². The van der Waals surface area contributed by atoms with Crippen molar-refractivity contribution in [1.29, 1.82) is 0 Å². The Bertz CT molecular complexity index is 1110. The Balaban J connectivity index is 0.00000168. The van der Waals surface area contributed by atoms with E-state index >= 15 is 0 Å². The summed E-state index contributed by atoms with van der Waals surface area (Å²) < 4.78 is 0. The van der Waals surface area contributed by atoms with E-state index in [2.05, 4.69) is 93.0 Å². The molecule has 2 N–H and O–H groups in total. The van der Waals surface area contributed by atoms with E-state index in [0.717, 1.165) is 30.9 Å². The zero-order valence-corrected chi connectivity index (χ0v) is 22.7. The number of benzene rings is 3. The monoisotopic (exact) mass is 463 g/mol. The quantitative estimate of drug-likeness (QED) is 0.315. The maximum absolute atomic E-state index is 7.00. The predicted molar refractivity (Wildman–Crippen MR) is 151 cm³/mol. The highest BCUT2D eigenvalue weighted by atomic mass is 16.6. The van der Waals surface area contributed by atoms with Crippen molar-refractivity contribution in [3.05, 3.63) is 93.6 Å². The maximum Gasteiger partial charge on any atom is 0.125 e. The largest absolute Gasteiger partial charge is 0.400 e. The van der Waals surface area contributed by atoms with Crippen molar-refractivity contribution in [3.8, 4) is 0 Å². The van der Waals surface area contributed by atoms with Crippen LogP contribution in [0.4, 0.5) is 0 Å². The van der Waals surface area contributed by atoms with Crippen LogP contribution in [0.5, 0.6) is 0 Å². The van der Waals surface area contributed by atoms with Gasteiger partial charge in [-0.15, -0.1) is 0 Å². The molecule has 0 atom stereocenters. The smallest absolute Gasteiger partial charge is 0.125 e. The van der Waals surface area contributed by atoms with E-state index in [9.17, 15) is 0 Å². The van der Waals surface area contributed by atoms with Crippen LogP contribution in [0.3, 0.4) is 0 Å². The normalized spacial score (nSPS) is 11.4. The minimum absolute atomic E-state index is 0.875. The number of aryl methyl sites for hydroxylation is 2. The standard InChI is InChI=1S/C26H29NO.2C2H6.CH4O/c1-5-8-21(4)28-27-18-24-14-13-23-9-6-7-10-25(23)26(24)16-15-22-12-11-19(2)17-20(22)3;3*1-2/h6-14,16-18,27H,5,15H2,1-4H3;2*1-2H3;2H,1H3/b21-8-,24-18-,26-16+;;;. The third-order valence-corrected chi connectivity index (χ3v) is 4.95. The predicted octanol–water partition coefficient (Wildman–Crippen LogP) is 6.71. The van der Waals surface area contributed by atoms with Gasteiger partial charge in [-0.2, -0.15) is 0 Å². The van der Waals surface area contributed by atoms with Gasteiger partial charge in [-0.05, 0) is 66.8 Å². The molecular weight excluding hydrogens is 418 g/mol. The van der Waals surface area contributed by atoms with Gasteiger partial charge in [0, 0.05) is 18.5 Å². The summed E-state index contributed by atoms with van der Waals surface area (Å²) in [7, 11) is 1.00. The van der Waals surface area contributed by atoms with Gasteiger partial charge in [-0.3, -0.25) is 0 Å². The highest BCUT2D eigenvalue weighted by molar-refractivity contribution is 5.83. The molecule has 3 heteroatoms. The summed E-state index contributed by atoms with van der Waals surface area (Å²) in [5.41, 5.74) is 6.99. The van der Waals surface area contributed by atoms with Crippen molar-refractivity contribution in [3.63, 3.8) is 0 Å². The van der Waals surface area contributed by atoms with Gasteiger partial charge in [0.25, 0.3) is 0 Å². The Hall–Kier alpha value is -3.04. The van der Waals surface area contributed by atoms with Gasteiger partial charge in [0.2, 0.25) is 0 Å². The molecule has 0 aliphatic rings. The number of allylic oxidation sites excluding steroid dienone is 2. The second kappa shape index (κ2) is 18.4. The molecule has 0 amide bonds. The Morgan fingerprint density at radius 2 is 1.62 bits per heavy atom. The lowest BCUT2D eigenvalue weighted by Crippen LogP contribution is -2.28. The highest BCUT2D eigenvalue weighted by Crippen LogP contribution is 2.12. The summed E-state index contributed by atoms with van der Waals surface area (Å²) in [6.45, 7) is 16.4. The summed E-state index contributed by atoms with van der Waals surface area (Å²) in [6, 6.07) is 19.5. The van der Waals surface area contributed by atoms with E-state index in [-0.39, 0.29) is 0 Å². The number of hydrogen-bond acceptors (Lipinski definition) is 3. The number of fused-ring (bicyclic) bond motifs is 1. The van der Waals surface area contributed by atoms with Gasteiger partial charge < -0.3 is 9.94 Å². The molecule has 3 rings (SSSR count). The molecule has 3 nitrogen and oxygen atoms in total. The van der Waals surface area contributed by atoms with E-state index in [1.807, 2.05) is 40.8 Å². The molecule has 34 heavy (non-hydrogen) atoms. The first kappa shape index (κ1) is 31.0. The van der Waals surface area contributed by atoms with Crippen LogP contribution in [0.15, 0.2) is 66.4 Å². The van der Waals surface area contributed by atoms with Crippen LogP contribution in [0, 0.1) is 13.8 Å². The molecule has 0 fully saturated rings. The molecule has 0 spiro atoms. The third kappa shape index (κ3) is 9.84. The van der Waals surface area contributed by atoms with Crippen LogP contribution in [-0.4, -0.2) is 12.2 Å². The van der Waals surface area contributed by atoms with E-state index in [1.54, 1.807) is 0 Å². The molecule has 3 aromatic carbocycles. The number of aliphatic hydroxyl groups is 1. The fraction of sp³-hybridized carbons (Fsp3) is 0.355. The maximum atomic E-state index is 7.00.